The number of nitrogens with one attached hydrogen (secondary N) is 1. The van der Waals surface area contributed by atoms with E-state index in [9.17, 15) is 4.79 Å². The zero-order valence-corrected chi connectivity index (χ0v) is 17.5. The highest BCUT2D eigenvalue weighted by atomic mass is 16.6. The number of hydrogen-bond acceptors (Lipinski definition) is 7. The minimum absolute atomic E-state index is 0.139. The maximum atomic E-state index is 13.2. The lowest BCUT2D eigenvalue weighted by atomic mass is 10.0. The SMILES string of the molecule is CC(C)(C)n1nnnc1C(c1cc2cc3c(cc2[nH]c1=O)OCCO3)N1CCCC1. The number of nitrogens with zero attached hydrogens (tertiary/aromatic N) is 5. The van der Waals surface area contributed by atoms with Gasteiger partial charge in [0.2, 0.25) is 0 Å². The van der Waals surface area contributed by atoms with Crippen LogP contribution in [0.5, 0.6) is 11.5 Å². The number of H-pyrrole nitrogens is 1. The maximum Gasteiger partial charge on any atom is 0.253 e. The van der Waals surface area contributed by atoms with Crippen LogP contribution in [0.15, 0.2) is 23.0 Å². The van der Waals surface area contributed by atoms with Crippen molar-refractivity contribution in [1.82, 2.24) is 30.1 Å². The molecule has 1 atom stereocenters. The van der Waals surface area contributed by atoms with E-state index >= 15 is 0 Å². The molecule has 1 aromatic carbocycles. The van der Waals surface area contributed by atoms with Crippen LogP contribution in [0.4, 0.5) is 0 Å². The van der Waals surface area contributed by atoms with Crippen LogP contribution in [0.1, 0.15) is 51.0 Å². The molecule has 9 nitrogen and oxygen atoms in total. The fraction of sp³-hybridized carbons (Fsp3) is 0.524. The first-order valence-electron chi connectivity index (χ1n) is 10.4. The number of fused-ring (bicyclic) bond motifs is 2. The van der Waals surface area contributed by atoms with E-state index in [0.717, 1.165) is 36.8 Å². The van der Waals surface area contributed by atoms with Gasteiger partial charge in [-0.3, -0.25) is 9.69 Å². The third-order valence-corrected chi connectivity index (χ3v) is 5.71. The first-order chi connectivity index (χ1) is 14.4. The molecule has 3 aromatic rings. The summed E-state index contributed by atoms with van der Waals surface area (Å²) in [7, 11) is 0. The monoisotopic (exact) mass is 410 g/mol. The third kappa shape index (κ3) is 3.23. The summed E-state index contributed by atoms with van der Waals surface area (Å²) in [4.78, 5) is 18.6. The zero-order chi connectivity index (χ0) is 20.9. The highest BCUT2D eigenvalue weighted by Gasteiger charge is 2.34. The van der Waals surface area contributed by atoms with Crippen LogP contribution >= 0.6 is 0 Å². The summed E-state index contributed by atoms with van der Waals surface area (Å²) >= 11 is 0. The number of tetrazole rings is 1. The Kier molecular flexibility index (Phi) is 4.50. The Labute approximate surface area is 174 Å². The summed E-state index contributed by atoms with van der Waals surface area (Å²) in [5, 5.41) is 13.4. The molecule has 1 fully saturated rings. The van der Waals surface area contributed by atoms with Crippen molar-refractivity contribution in [2.24, 2.45) is 0 Å². The molecule has 0 bridgehead atoms. The molecule has 0 saturated carbocycles. The number of ether oxygens (including phenoxy) is 2. The molecule has 5 rings (SSSR count). The van der Waals surface area contributed by atoms with Crippen molar-refractivity contribution >= 4 is 10.9 Å². The molecule has 9 heteroatoms. The van der Waals surface area contributed by atoms with Crippen LogP contribution in [-0.4, -0.2) is 56.4 Å². The molecule has 0 spiro atoms. The van der Waals surface area contributed by atoms with Gasteiger partial charge in [0.1, 0.15) is 19.3 Å². The Bertz CT molecular complexity index is 1140. The number of benzene rings is 1. The quantitative estimate of drug-likeness (QED) is 0.707. The number of aromatic amines is 1. The molecular weight excluding hydrogens is 384 g/mol. The minimum atomic E-state index is -0.317. The van der Waals surface area contributed by atoms with Crippen LogP contribution in [0.2, 0.25) is 0 Å². The lowest BCUT2D eigenvalue weighted by Crippen LogP contribution is -2.36. The number of aromatic nitrogens is 5. The molecular formula is C21H26N6O3. The van der Waals surface area contributed by atoms with E-state index in [0.29, 0.717) is 36.1 Å². The van der Waals surface area contributed by atoms with Crippen molar-refractivity contribution < 1.29 is 9.47 Å². The molecule has 2 aliphatic heterocycles. The minimum Gasteiger partial charge on any atom is -0.486 e. The highest BCUT2D eigenvalue weighted by Crippen LogP contribution is 2.36. The predicted molar refractivity (Wildman–Crippen MR) is 111 cm³/mol. The number of likely N-dealkylation sites (tertiary alicyclic amines) is 1. The Morgan fingerprint density at radius 2 is 1.77 bits per heavy atom. The molecule has 1 N–H and O–H groups in total. The van der Waals surface area contributed by atoms with E-state index in [1.165, 1.54) is 0 Å². The van der Waals surface area contributed by atoms with Gasteiger partial charge in [0, 0.05) is 17.0 Å². The molecule has 2 aliphatic rings. The fourth-order valence-electron chi connectivity index (χ4n) is 4.30. The second-order valence-corrected chi connectivity index (χ2v) is 8.90. The van der Waals surface area contributed by atoms with Crippen molar-refractivity contribution in [2.75, 3.05) is 26.3 Å². The fourth-order valence-corrected chi connectivity index (χ4v) is 4.30. The molecule has 2 aromatic heterocycles. The Morgan fingerprint density at radius 3 is 2.47 bits per heavy atom. The van der Waals surface area contributed by atoms with Crippen LogP contribution in [0.25, 0.3) is 10.9 Å². The second-order valence-electron chi connectivity index (χ2n) is 8.90. The summed E-state index contributed by atoms with van der Waals surface area (Å²) < 4.78 is 13.2. The Morgan fingerprint density at radius 1 is 1.07 bits per heavy atom. The number of rotatable bonds is 3. The van der Waals surface area contributed by atoms with Gasteiger partial charge >= 0.3 is 0 Å². The molecule has 1 saturated heterocycles. The highest BCUT2D eigenvalue weighted by molar-refractivity contribution is 5.83. The van der Waals surface area contributed by atoms with Gasteiger partial charge in [-0.2, -0.15) is 0 Å². The predicted octanol–water partition coefficient (Wildman–Crippen LogP) is 2.23. The van der Waals surface area contributed by atoms with E-state index in [1.54, 1.807) is 0 Å². The number of pyridine rings is 1. The van der Waals surface area contributed by atoms with Crippen molar-refractivity contribution in [3.63, 3.8) is 0 Å². The molecule has 0 radical (unpaired) electrons. The molecule has 158 valence electrons. The average molecular weight is 410 g/mol. The maximum absolute atomic E-state index is 13.2. The Balaban J connectivity index is 1.68. The molecule has 0 aliphatic carbocycles. The van der Waals surface area contributed by atoms with Gasteiger partial charge in [-0.05, 0) is 69.3 Å². The van der Waals surface area contributed by atoms with Crippen molar-refractivity contribution in [3.05, 3.63) is 39.9 Å². The summed E-state index contributed by atoms with van der Waals surface area (Å²) in [5.41, 5.74) is 0.925. The topological polar surface area (TPSA) is 98.2 Å². The standard InChI is InChI=1S/C21H26N6O3/c1-21(2,3)27-19(23-24-25-27)18(26-6-4-5-7-26)14-10-13-11-16-17(30-9-8-29-16)12-15(13)22-20(14)28/h10-12,18H,4-9H2,1-3H3,(H,22,28). The van der Waals surface area contributed by atoms with Gasteiger partial charge in [0.15, 0.2) is 17.3 Å². The third-order valence-electron chi connectivity index (χ3n) is 5.71. The molecule has 0 amide bonds. The lowest BCUT2D eigenvalue weighted by Gasteiger charge is -2.29. The van der Waals surface area contributed by atoms with E-state index in [4.69, 9.17) is 9.47 Å². The van der Waals surface area contributed by atoms with Gasteiger partial charge < -0.3 is 14.5 Å². The van der Waals surface area contributed by atoms with Crippen LogP contribution in [-0.2, 0) is 5.54 Å². The van der Waals surface area contributed by atoms with Crippen LogP contribution in [0.3, 0.4) is 0 Å². The van der Waals surface area contributed by atoms with E-state index < -0.39 is 0 Å². The molecule has 30 heavy (non-hydrogen) atoms. The summed E-state index contributed by atoms with van der Waals surface area (Å²) in [6.07, 6.45) is 2.19. The van der Waals surface area contributed by atoms with Gasteiger partial charge in [-0.15, -0.1) is 5.10 Å². The van der Waals surface area contributed by atoms with E-state index in [1.807, 2.05) is 22.9 Å². The number of hydrogen-bond donors (Lipinski definition) is 1. The molecule has 4 heterocycles. The van der Waals surface area contributed by atoms with E-state index in [-0.39, 0.29) is 17.1 Å². The summed E-state index contributed by atoms with van der Waals surface area (Å²) in [6, 6.07) is 5.38. The summed E-state index contributed by atoms with van der Waals surface area (Å²) in [5.74, 6) is 2.04. The van der Waals surface area contributed by atoms with Gasteiger partial charge in [-0.1, -0.05) is 0 Å². The van der Waals surface area contributed by atoms with Crippen molar-refractivity contribution in [1.29, 1.82) is 0 Å². The van der Waals surface area contributed by atoms with Crippen LogP contribution in [0, 0.1) is 0 Å². The lowest BCUT2D eigenvalue weighted by molar-refractivity contribution is 0.172. The first-order valence-corrected chi connectivity index (χ1v) is 10.4. The smallest absolute Gasteiger partial charge is 0.253 e. The largest absolute Gasteiger partial charge is 0.486 e. The average Bonchev–Trinajstić information content (AvgIpc) is 3.39. The van der Waals surface area contributed by atoms with Crippen LogP contribution < -0.4 is 15.0 Å². The van der Waals surface area contributed by atoms with E-state index in [2.05, 4.69) is 46.2 Å². The second kappa shape index (κ2) is 7.09. The van der Waals surface area contributed by atoms with Crippen molar-refractivity contribution in [2.45, 2.75) is 45.2 Å². The van der Waals surface area contributed by atoms with Crippen molar-refractivity contribution in [3.8, 4) is 11.5 Å². The summed E-state index contributed by atoms with van der Waals surface area (Å²) in [6.45, 7) is 9.01. The van der Waals surface area contributed by atoms with Gasteiger partial charge in [-0.25, -0.2) is 4.68 Å². The molecule has 1 unspecified atom stereocenters. The first kappa shape index (κ1) is 19.0. The Hall–Kier alpha value is -2.94. The zero-order valence-electron chi connectivity index (χ0n) is 17.5. The van der Waals surface area contributed by atoms with Gasteiger partial charge in [0.05, 0.1) is 11.1 Å². The van der Waals surface area contributed by atoms with Gasteiger partial charge in [0.25, 0.3) is 5.56 Å². The normalized spacial score (nSPS) is 18.1.